The molecule has 5 aromatic carbocycles. The Hall–Kier alpha value is -2.21. The van der Waals surface area contributed by atoms with Crippen molar-refractivity contribution < 1.29 is 0 Å². The molecule has 0 radical (unpaired) electrons. The second-order valence-corrected chi connectivity index (χ2v) is 49.3. The van der Waals surface area contributed by atoms with Gasteiger partial charge < -0.3 is 0 Å². The van der Waals surface area contributed by atoms with Crippen molar-refractivity contribution in [1.82, 2.24) is 4.44 Å². The monoisotopic (exact) mass is 1210 g/mol. The minimum absolute atomic E-state index is 0.383. The summed E-state index contributed by atoms with van der Waals surface area (Å²) >= 11 is 0. The van der Waals surface area contributed by atoms with E-state index in [9.17, 15) is 0 Å². The third kappa shape index (κ3) is 17.3. The van der Waals surface area contributed by atoms with Crippen molar-refractivity contribution in [2.24, 2.45) is 0 Å². The van der Waals surface area contributed by atoms with Crippen LogP contribution in [0.1, 0.15) is 210 Å². The zero-order valence-corrected chi connectivity index (χ0v) is 60.9. The smallest absolute Gasteiger partial charge is 0.0867 e. The zero-order chi connectivity index (χ0) is 58.9. The zero-order valence-electron chi connectivity index (χ0n) is 55.1. The summed E-state index contributed by atoms with van der Waals surface area (Å²) in [6, 6.07) is 70.7. The Bertz CT molecular complexity index is 2310. The summed E-state index contributed by atoms with van der Waals surface area (Å²) in [4.78, 5) is 0. The number of fused-ring (bicyclic) bond motifs is 1. The molecule has 6 rings (SSSR count). The van der Waals surface area contributed by atoms with Crippen molar-refractivity contribution >= 4 is 90.4 Å². The highest BCUT2D eigenvalue weighted by Gasteiger charge is 2.43. The first-order chi connectivity index (χ1) is 40.0. The van der Waals surface area contributed by atoms with Crippen LogP contribution in [0.5, 0.6) is 0 Å². The fourth-order valence-corrected chi connectivity index (χ4v) is 44.4. The third-order valence-electron chi connectivity index (χ3n) is 20.0. The van der Waals surface area contributed by atoms with Crippen LogP contribution >= 0.6 is 16.1 Å². The molecule has 0 aliphatic heterocycles. The van der Waals surface area contributed by atoms with E-state index in [4.69, 9.17) is 0 Å². The molecule has 1 nitrogen and oxygen atoms in total. The van der Waals surface area contributed by atoms with Crippen LogP contribution in [0, 0.1) is 0 Å². The van der Waals surface area contributed by atoms with Crippen LogP contribution in [0.4, 0.5) is 0 Å². The van der Waals surface area contributed by atoms with Crippen LogP contribution in [-0.2, 0) is 12.8 Å². The second-order valence-electron chi connectivity index (χ2n) is 26.2. The minimum Gasteiger partial charge on any atom is -0.241 e. The highest BCUT2D eigenvalue weighted by atomic mass is 31.2. The van der Waals surface area contributed by atoms with Gasteiger partial charge in [-0.1, -0.05) is 413 Å². The van der Waals surface area contributed by atoms with Gasteiger partial charge in [0.2, 0.25) is 0 Å². The van der Waals surface area contributed by atoms with Crippen molar-refractivity contribution in [1.29, 1.82) is 0 Å². The topological polar surface area (TPSA) is 3.24 Å². The van der Waals surface area contributed by atoms with Crippen molar-refractivity contribution in [2.45, 2.75) is 290 Å². The van der Waals surface area contributed by atoms with Crippen LogP contribution in [0.15, 0.2) is 121 Å². The minimum atomic E-state index is -1.85. The van der Waals surface area contributed by atoms with Crippen molar-refractivity contribution in [3.8, 4) is 0 Å². The highest BCUT2D eigenvalue weighted by Crippen LogP contribution is 2.58. The normalized spacial score (nSPS) is 13.5. The summed E-state index contributed by atoms with van der Waals surface area (Å²) in [7, 11) is -9.03. The Kier molecular flexibility index (Phi) is 29.9. The number of hydrogen-bond acceptors (Lipinski definition) is 1. The summed E-state index contributed by atoms with van der Waals surface area (Å²) < 4.78 is 3.33. The van der Waals surface area contributed by atoms with E-state index in [2.05, 4.69) is 209 Å². The van der Waals surface area contributed by atoms with Crippen LogP contribution in [0.25, 0.3) is 0 Å². The van der Waals surface area contributed by atoms with Gasteiger partial charge in [0.1, 0.15) is 0 Å². The molecule has 0 saturated heterocycles. The lowest BCUT2D eigenvalue weighted by molar-refractivity contribution is 0.519. The molecule has 0 fully saturated rings. The number of nitrogens with zero attached hydrogens (tertiary/aromatic N) is 1. The molecule has 1 aliphatic carbocycles. The molecule has 5 aromatic rings. The number of benzene rings is 5. The van der Waals surface area contributed by atoms with Crippen LogP contribution in [-0.4, -0.2) is 42.8 Å². The Morgan fingerprint density at radius 3 is 0.854 bits per heavy atom. The van der Waals surface area contributed by atoms with Gasteiger partial charge in [0, 0.05) is 22.2 Å². The molecule has 0 saturated carbocycles. The van der Waals surface area contributed by atoms with E-state index in [0.29, 0.717) is 6.04 Å². The molecular formula is C75H121NP2Si4. The van der Waals surface area contributed by atoms with Gasteiger partial charge in [-0.15, -0.1) is 0 Å². The molecule has 0 aromatic heterocycles. The first-order valence-corrected chi connectivity index (χ1v) is 48.0. The lowest BCUT2D eigenvalue weighted by Gasteiger charge is -2.44. The molecule has 0 heterocycles. The predicted molar refractivity (Wildman–Crippen MR) is 388 cm³/mol. The summed E-state index contributed by atoms with van der Waals surface area (Å²) in [5, 5.41) is 13.4. The lowest BCUT2D eigenvalue weighted by Crippen LogP contribution is -2.50. The molecule has 1 aliphatic rings. The Morgan fingerprint density at radius 1 is 0.293 bits per heavy atom. The van der Waals surface area contributed by atoms with Crippen molar-refractivity contribution in [3.63, 3.8) is 0 Å². The van der Waals surface area contributed by atoms with E-state index in [1.54, 1.807) is 53.1 Å². The number of rotatable bonds is 41. The summed E-state index contributed by atoms with van der Waals surface area (Å²) in [6.45, 7) is 29.4. The maximum Gasteiger partial charge on any atom is 0.0867 e. The van der Waals surface area contributed by atoms with Gasteiger partial charge in [0.15, 0.2) is 0 Å². The van der Waals surface area contributed by atoms with Gasteiger partial charge in [-0.2, -0.15) is 0 Å². The largest absolute Gasteiger partial charge is 0.241 e. The average molecular weight is 1210 g/mol. The molecule has 0 N–H and O–H groups in total. The Labute approximate surface area is 513 Å². The highest BCUT2D eigenvalue weighted by molar-refractivity contribution is 7.84. The molecule has 0 atom stereocenters. The van der Waals surface area contributed by atoms with E-state index in [1.807, 2.05) is 0 Å². The van der Waals surface area contributed by atoms with E-state index in [-0.39, 0.29) is 0 Å². The molecule has 0 spiro atoms. The molecule has 0 bridgehead atoms. The van der Waals surface area contributed by atoms with Crippen LogP contribution in [0.2, 0.25) is 72.5 Å². The lowest BCUT2D eigenvalue weighted by atomic mass is 10.1. The summed E-state index contributed by atoms with van der Waals surface area (Å²) in [6.07, 6.45) is 25.9. The van der Waals surface area contributed by atoms with E-state index in [1.165, 1.54) is 188 Å². The quantitative estimate of drug-likeness (QED) is 0.0278. The first-order valence-electron chi connectivity index (χ1n) is 34.9. The number of hydrogen-bond donors (Lipinski definition) is 0. The number of unbranched alkanes of at least 4 members (excludes halogenated alkanes) is 6. The predicted octanol–water partition coefficient (Wildman–Crippen LogP) is 20.4. The maximum absolute atomic E-state index is 3.33. The van der Waals surface area contributed by atoms with Crippen LogP contribution in [0.3, 0.4) is 0 Å². The van der Waals surface area contributed by atoms with Gasteiger partial charge >= 0.3 is 0 Å². The molecule has 0 unspecified atom stereocenters. The molecular weight excluding hydrogens is 1090 g/mol. The van der Waals surface area contributed by atoms with Gasteiger partial charge in [-0.25, -0.2) is 4.44 Å². The van der Waals surface area contributed by atoms with Gasteiger partial charge in [-0.05, 0) is 45.2 Å². The summed E-state index contributed by atoms with van der Waals surface area (Å²) in [5.41, 5.74) is 3.16. The molecule has 82 heavy (non-hydrogen) atoms. The van der Waals surface area contributed by atoms with E-state index in [0.717, 1.165) is 12.8 Å². The fraction of sp³-hybridized carbons (Fsp3) is 0.600. The van der Waals surface area contributed by atoms with E-state index < -0.39 is 48.4 Å². The average Bonchev–Trinajstić information content (AvgIpc) is 3.91. The van der Waals surface area contributed by atoms with E-state index >= 15 is 0 Å². The Morgan fingerprint density at radius 2 is 0.573 bits per heavy atom. The molecule has 7 heteroatoms. The first kappa shape index (κ1) is 68.9. The standard InChI is InChI=1S/C75H121NP2Si4/c1-13-25-55-81(56-26-14-2,57-27-15-3)74-39-33-37-70(63-74)78(71-38-34-40-75(64-71)82(58-28-16-4,59-29-17-5)60-30-18-6)76(67-61-65-35-31-32-36-66(65)62-67)77(68-41-45-72(46-42-68)79(49-19-7,50-20-8)51-21-9)69-43-47-73(48-44-69)80(52-22-10,53-23-11)54-24-12/h31-48,63-64,67H,13-30,49-62H2,1-12H3. The molecule has 452 valence electrons. The van der Waals surface area contributed by atoms with Gasteiger partial charge in [0.25, 0.3) is 0 Å². The van der Waals surface area contributed by atoms with Crippen molar-refractivity contribution in [2.75, 3.05) is 0 Å². The summed E-state index contributed by atoms with van der Waals surface area (Å²) in [5.74, 6) is 0. The second kappa shape index (κ2) is 35.6. The van der Waals surface area contributed by atoms with Crippen LogP contribution < -0.4 is 42.0 Å². The fourth-order valence-electron chi connectivity index (χ4n) is 15.9. The SMILES string of the molecule is CCCC[Si](CCCC)(CCCC)c1cccc(P(c2cccc([Si](CCCC)(CCCC)CCCC)c2)N(C2Cc3ccccc3C2)P(c2ccc([Si](CCC)(CCC)CCC)cc2)c2ccc([Si](CCC)(CCC)CCC)cc2)c1. The van der Waals surface area contributed by atoms with Gasteiger partial charge in [-0.3, -0.25) is 0 Å². The Balaban J connectivity index is 1.77. The third-order valence-corrected chi connectivity index (χ3v) is 48.5. The van der Waals surface area contributed by atoms with Crippen molar-refractivity contribution in [3.05, 3.63) is 132 Å². The molecule has 0 amide bonds. The van der Waals surface area contributed by atoms with Gasteiger partial charge in [0.05, 0.1) is 32.3 Å². The maximum atomic E-state index is 3.33.